The highest BCUT2D eigenvalue weighted by molar-refractivity contribution is 5.93. The third-order valence-electron chi connectivity index (χ3n) is 4.63. The first kappa shape index (κ1) is 22.6. The van der Waals surface area contributed by atoms with Gasteiger partial charge < -0.3 is 14.7 Å². The molecule has 0 saturated carbocycles. The van der Waals surface area contributed by atoms with E-state index in [0.717, 1.165) is 17.7 Å². The van der Waals surface area contributed by atoms with E-state index in [1.165, 1.54) is 12.1 Å². The van der Waals surface area contributed by atoms with Gasteiger partial charge in [0.15, 0.2) is 12.0 Å². The third-order valence-corrected chi connectivity index (χ3v) is 4.63. The Kier molecular flexibility index (Phi) is 7.27. The predicted octanol–water partition coefficient (Wildman–Crippen LogP) is 3.94. The lowest BCUT2D eigenvalue weighted by Gasteiger charge is -2.11. The number of nitro benzene ring substituents is 1. The minimum absolute atomic E-state index is 0.00846. The molecule has 0 fully saturated rings. The highest BCUT2D eigenvalue weighted by atomic mass is 17.2. The number of esters is 1. The van der Waals surface area contributed by atoms with Crippen LogP contribution < -0.4 is 9.62 Å². The number of nitrogens with zero attached hydrogens (tertiary/aromatic N) is 1. The first-order chi connectivity index (χ1) is 15.4. The minimum Gasteiger partial charge on any atom is -0.423 e. The smallest absolute Gasteiger partial charge is 0.343 e. The first-order valence-electron chi connectivity index (χ1n) is 9.46. The molecule has 0 aliphatic heterocycles. The van der Waals surface area contributed by atoms with E-state index in [2.05, 4.69) is 0 Å². The van der Waals surface area contributed by atoms with Gasteiger partial charge in [-0.3, -0.25) is 14.9 Å². The maximum Gasteiger partial charge on any atom is 0.343 e. The zero-order valence-electron chi connectivity index (χ0n) is 17.0. The van der Waals surface area contributed by atoms with Gasteiger partial charge in [-0.2, -0.15) is 4.89 Å². The van der Waals surface area contributed by atoms with Crippen LogP contribution in [0.4, 0.5) is 5.69 Å². The van der Waals surface area contributed by atoms with Gasteiger partial charge >= 0.3 is 5.97 Å². The Hall–Kier alpha value is -4.08. The summed E-state index contributed by atoms with van der Waals surface area (Å²) in [5.41, 5.74) is 1.70. The Morgan fingerprint density at radius 2 is 1.81 bits per heavy atom. The summed E-state index contributed by atoms with van der Waals surface area (Å²) in [7, 11) is 0. The molecule has 0 amide bonds. The second-order valence-electron chi connectivity index (χ2n) is 6.73. The highest BCUT2D eigenvalue weighted by Crippen LogP contribution is 2.24. The molecular weight excluding hydrogens is 418 g/mol. The van der Waals surface area contributed by atoms with E-state index in [0.29, 0.717) is 23.2 Å². The van der Waals surface area contributed by atoms with Crippen molar-refractivity contribution >= 4 is 17.9 Å². The second kappa shape index (κ2) is 10.3. The maximum atomic E-state index is 12.6. The molecule has 3 aromatic rings. The van der Waals surface area contributed by atoms with Crippen molar-refractivity contribution in [1.82, 2.24) is 0 Å². The summed E-state index contributed by atoms with van der Waals surface area (Å²) in [6.45, 7) is 1.65. The number of aryl methyl sites for hydroxylation is 1. The van der Waals surface area contributed by atoms with E-state index >= 15 is 0 Å². The number of carbonyl (C=O) groups is 2. The summed E-state index contributed by atoms with van der Waals surface area (Å²) < 4.78 is 5.28. The van der Waals surface area contributed by atoms with Gasteiger partial charge in [-0.05, 0) is 53.9 Å². The molecule has 32 heavy (non-hydrogen) atoms. The van der Waals surface area contributed by atoms with E-state index < -0.39 is 10.9 Å². The number of hydrogen-bond acceptors (Lipinski definition) is 8. The standard InChI is InChI=1S/C23H19NO8/c1-15-6-7-20(10-17(15)12-25)32-30-14-16-4-2-3-5-21(16)23(27)31-19-8-9-22(24(28)29)18(11-19)13-26/h2-11,13,25H,12,14H2,1H3. The van der Waals surface area contributed by atoms with E-state index in [1.54, 1.807) is 36.4 Å². The largest absolute Gasteiger partial charge is 0.423 e. The maximum absolute atomic E-state index is 12.6. The molecule has 0 aliphatic carbocycles. The van der Waals surface area contributed by atoms with Crippen LogP contribution in [0.2, 0.25) is 0 Å². The Labute approximate surface area is 182 Å². The number of hydrogen-bond donors (Lipinski definition) is 1. The number of ether oxygens (including phenoxy) is 1. The van der Waals surface area contributed by atoms with Gasteiger partial charge in [-0.25, -0.2) is 4.79 Å². The number of aliphatic hydroxyl groups is 1. The summed E-state index contributed by atoms with van der Waals surface area (Å²) in [6, 6.07) is 15.1. The number of rotatable bonds is 9. The zero-order valence-corrected chi connectivity index (χ0v) is 17.0. The van der Waals surface area contributed by atoms with Gasteiger partial charge in [0.05, 0.1) is 22.7 Å². The quantitative estimate of drug-likeness (QED) is 0.133. The Balaban J connectivity index is 1.70. The molecule has 0 unspecified atom stereocenters. The minimum atomic E-state index is -0.729. The van der Waals surface area contributed by atoms with E-state index in [-0.39, 0.29) is 35.8 Å². The molecule has 0 heterocycles. The highest BCUT2D eigenvalue weighted by Gasteiger charge is 2.18. The van der Waals surface area contributed by atoms with Crippen molar-refractivity contribution in [2.24, 2.45) is 0 Å². The topological polar surface area (TPSA) is 125 Å². The van der Waals surface area contributed by atoms with Crippen molar-refractivity contribution in [2.75, 3.05) is 0 Å². The van der Waals surface area contributed by atoms with Crippen molar-refractivity contribution in [3.8, 4) is 11.5 Å². The molecule has 0 bridgehead atoms. The Bertz CT molecular complexity index is 1160. The molecule has 0 spiro atoms. The van der Waals surface area contributed by atoms with Gasteiger partial charge in [-0.15, -0.1) is 0 Å². The fourth-order valence-electron chi connectivity index (χ4n) is 2.90. The van der Waals surface area contributed by atoms with Crippen LogP contribution in [0, 0.1) is 17.0 Å². The second-order valence-corrected chi connectivity index (χ2v) is 6.73. The molecule has 0 saturated heterocycles. The van der Waals surface area contributed by atoms with Crippen LogP contribution >= 0.6 is 0 Å². The van der Waals surface area contributed by atoms with Gasteiger partial charge in [0.25, 0.3) is 5.69 Å². The summed E-state index contributed by atoms with van der Waals surface area (Å²) >= 11 is 0. The molecule has 0 radical (unpaired) electrons. The van der Waals surface area contributed by atoms with Crippen molar-refractivity contribution in [2.45, 2.75) is 20.1 Å². The van der Waals surface area contributed by atoms with Crippen LogP contribution in [-0.4, -0.2) is 22.3 Å². The van der Waals surface area contributed by atoms with Gasteiger partial charge in [0, 0.05) is 6.07 Å². The summed E-state index contributed by atoms with van der Waals surface area (Å²) in [4.78, 5) is 44.5. The summed E-state index contributed by atoms with van der Waals surface area (Å²) in [6.07, 6.45) is 0.321. The lowest BCUT2D eigenvalue weighted by Crippen LogP contribution is -2.13. The average molecular weight is 437 g/mol. The third kappa shape index (κ3) is 5.34. The summed E-state index contributed by atoms with van der Waals surface area (Å²) in [5.74, 6) is -0.342. The fourth-order valence-corrected chi connectivity index (χ4v) is 2.90. The normalized spacial score (nSPS) is 10.4. The van der Waals surface area contributed by atoms with Crippen molar-refractivity contribution in [3.05, 3.63) is 98.6 Å². The van der Waals surface area contributed by atoms with E-state index in [4.69, 9.17) is 14.5 Å². The number of nitro groups is 1. The number of aldehydes is 1. The SMILES string of the molecule is Cc1ccc(OOCc2ccccc2C(=O)Oc2ccc([N+](=O)[O-])c(C=O)c2)cc1CO. The van der Waals surface area contributed by atoms with Gasteiger partial charge in [0.2, 0.25) is 0 Å². The van der Waals surface area contributed by atoms with Crippen LogP contribution in [0.1, 0.15) is 37.4 Å². The Morgan fingerprint density at radius 3 is 2.53 bits per heavy atom. The average Bonchev–Trinajstić information content (AvgIpc) is 2.80. The fraction of sp³-hybridized carbons (Fsp3) is 0.130. The monoisotopic (exact) mass is 437 g/mol. The first-order valence-corrected chi connectivity index (χ1v) is 9.46. The van der Waals surface area contributed by atoms with Crippen molar-refractivity contribution in [3.63, 3.8) is 0 Å². The molecule has 9 heteroatoms. The van der Waals surface area contributed by atoms with Crippen LogP contribution in [0.3, 0.4) is 0 Å². The lowest BCUT2D eigenvalue weighted by molar-refractivity contribution is -0.385. The van der Waals surface area contributed by atoms with E-state index in [1.807, 2.05) is 6.92 Å². The number of aliphatic hydroxyl groups excluding tert-OH is 1. The zero-order chi connectivity index (χ0) is 23.1. The molecule has 3 rings (SSSR count). The molecule has 0 aromatic heterocycles. The van der Waals surface area contributed by atoms with Crippen LogP contribution in [0.5, 0.6) is 11.5 Å². The van der Waals surface area contributed by atoms with Gasteiger partial charge in [0.1, 0.15) is 12.4 Å². The van der Waals surface area contributed by atoms with Crippen LogP contribution in [0.25, 0.3) is 0 Å². The number of carbonyl (C=O) groups excluding carboxylic acids is 2. The van der Waals surface area contributed by atoms with Crippen molar-refractivity contribution in [1.29, 1.82) is 0 Å². The predicted molar refractivity (Wildman–Crippen MR) is 112 cm³/mol. The molecule has 0 aliphatic rings. The summed E-state index contributed by atoms with van der Waals surface area (Å²) in [5, 5.41) is 20.3. The molecule has 164 valence electrons. The molecule has 1 N–H and O–H groups in total. The molecule has 0 atom stereocenters. The van der Waals surface area contributed by atoms with Crippen LogP contribution in [0.15, 0.2) is 60.7 Å². The molecular formula is C23H19NO8. The molecule has 3 aromatic carbocycles. The lowest BCUT2D eigenvalue weighted by atomic mass is 10.1. The van der Waals surface area contributed by atoms with Gasteiger partial charge in [-0.1, -0.05) is 24.3 Å². The Morgan fingerprint density at radius 1 is 1.06 bits per heavy atom. The van der Waals surface area contributed by atoms with Crippen molar-refractivity contribution < 1.29 is 34.1 Å². The van der Waals surface area contributed by atoms with Crippen LogP contribution in [-0.2, 0) is 18.1 Å². The molecule has 9 nitrogen and oxygen atoms in total. The number of benzene rings is 3. The van der Waals surface area contributed by atoms with E-state index in [9.17, 15) is 24.8 Å².